The lowest BCUT2D eigenvalue weighted by Crippen LogP contribution is -2.22. The molecule has 1 amide bonds. The van der Waals surface area contributed by atoms with Crippen molar-refractivity contribution in [3.63, 3.8) is 0 Å². The molecule has 2 aromatic carbocycles. The van der Waals surface area contributed by atoms with Gasteiger partial charge >= 0.3 is 5.97 Å². The van der Waals surface area contributed by atoms with Gasteiger partial charge in [-0.1, -0.05) is 30.3 Å². The van der Waals surface area contributed by atoms with Crippen LogP contribution in [0.1, 0.15) is 12.5 Å². The van der Waals surface area contributed by atoms with E-state index >= 15 is 0 Å². The Morgan fingerprint density at radius 3 is 2.57 bits per heavy atom. The Morgan fingerprint density at radius 1 is 1.14 bits per heavy atom. The predicted octanol–water partition coefficient (Wildman–Crippen LogP) is 1.98. The Bertz CT molecular complexity index is 666. The summed E-state index contributed by atoms with van der Waals surface area (Å²) in [4.78, 5) is 21.5. The molecule has 0 unspecified atom stereocenters. The minimum Gasteiger partial charge on any atom is -0.481 e. The molecule has 0 aliphatic rings. The summed E-state index contributed by atoms with van der Waals surface area (Å²) >= 11 is 0. The van der Waals surface area contributed by atoms with Crippen LogP contribution in [-0.4, -0.2) is 30.1 Å². The van der Waals surface area contributed by atoms with E-state index in [2.05, 4.69) is 5.32 Å². The third kappa shape index (κ3) is 3.95. The molecule has 0 aliphatic carbocycles. The fourth-order valence-electron chi connectivity index (χ4n) is 2.20. The number of carboxylic acids is 1. The molecule has 5 nitrogen and oxygen atoms in total. The number of amides is 1. The number of aliphatic carboxylic acids is 1. The van der Waals surface area contributed by atoms with Crippen molar-refractivity contribution in [2.45, 2.75) is 13.3 Å². The number of carbonyl (C=O) groups excluding carboxylic acids is 1. The Kier molecular flexibility index (Phi) is 4.77. The largest absolute Gasteiger partial charge is 0.481 e. The second-order valence-electron chi connectivity index (χ2n) is 4.68. The van der Waals surface area contributed by atoms with Crippen molar-refractivity contribution in [1.82, 2.24) is 5.32 Å². The highest BCUT2D eigenvalue weighted by Gasteiger charge is 2.07. The van der Waals surface area contributed by atoms with Crippen molar-refractivity contribution < 1.29 is 19.4 Å². The SMILES string of the molecule is CC(=O)NCCc1cccc2c(OCC(=O)O)cccc12. The van der Waals surface area contributed by atoms with Crippen molar-refractivity contribution in [2.75, 3.05) is 13.2 Å². The van der Waals surface area contributed by atoms with Crippen LogP contribution >= 0.6 is 0 Å². The first-order valence-electron chi connectivity index (χ1n) is 6.67. The summed E-state index contributed by atoms with van der Waals surface area (Å²) in [6, 6.07) is 11.3. The molecular formula is C16H17NO4. The normalized spacial score (nSPS) is 10.3. The number of carboxylic acid groups (broad SMARTS) is 1. The predicted molar refractivity (Wildman–Crippen MR) is 79.5 cm³/mol. The van der Waals surface area contributed by atoms with Gasteiger partial charge in [0.1, 0.15) is 5.75 Å². The molecule has 0 saturated carbocycles. The molecule has 0 spiro atoms. The van der Waals surface area contributed by atoms with E-state index in [4.69, 9.17) is 9.84 Å². The molecule has 110 valence electrons. The zero-order valence-corrected chi connectivity index (χ0v) is 11.8. The van der Waals surface area contributed by atoms with Gasteiger partial charge in [0.2, 0.25) is 5.91 Å². The average molecular weight is 287 g/mol. The number of carbonyl (C=O) groups is 2. The minimum absolute atomic E-state index is 0.0549. The van der Waals surface area contributed by atoms with Crippen LogP contribution in [0.2, 0.25) is 0 Å². The summed E-state index contributed by atoms with van der Waals surface area (Å²) < 4.78 is 5.31. The van der Waals surface area contributed by atoms with Gasteiger partial charge in [-0.2, -0.15) is 0 Å². The number of ether oxygens (including phenoxy) is 1. The lowest BCUT2D eigenvalue weighted by molar-refractivity contribution is -0.139. The fraction of sp³-hybridized carbons (Fsp3) is 0.250. The Hall–Kier alpha value is -2.56. The standard InChI is InChI=1S/C16H17NO4/c1-11(18)17-9-8-12-4-2-6-14-13(12)5-3-7-15(14)21-10-16(19)20/h2-7H,8-10H2,1H3,(H,17,18)(H,19,20). The molecule has 2 N–H and O–H groups in total. The Labute approximate surface area is 122 Å². The molecule has 0 fully saturated rings. The van der Waals surface area contributed by atoms with Crippen LogP contribution in [0.5, 0.6) is 5.75 Å². The smallest absolute Gasteiger partial charge is 0.341 e. The van der Waals surface area contributed by atoms with E-state index in [-0.39, 0.29) is 12.5 Å². The van der Waals surface area contributed by atoms with Crippen LogP contribution in [0.4, 0.5) is 0 Å². The van der Waals surface area contributed by atoms with Gasteiger partial charge in [0, 0.05) is 18.9 Å². The van der Waals surface area contributed by atoms with E-state index in [9.17, 15) is 9.59 Å². The second-order valence-corrected chi connectivity index (χ2v) is 4.68. The zero-order valence-electron chi connectivity index (χ0n) is 11.8. The fourth-order valence-corrected chi connectivity index (χ4v) is 2.20. The van der Waals surface area contributed by atoms with E-state index in [1.165, 1.54) is 6.92 Å². The molecule has 0 atom stereocenters. The van der Waals surface area contributed by atoms with Gasteiger partial charge in [0.15, 0.2) is 6.61 Å². The van der Waals surface area contributed by atoms with Gasteiger partial charge in [-0.25, -0.2) is 4.79 Å². The Balaban J connectivity index is 2.25. The first-order valence-corrected chi connectivity index (χ1v) is 6.67. The Morgan fingerprint density at radius 2 is 1.86 bits per heavy atom. The van der Waals surface area contributed by atoms with E-state index in [1.807, 2.05) is 30.3 Å². The monoisotopic (exact) mass is 287 g/mol. The highest BCUT2D eigenvalue weighted by molar-refractivity contribution is 5.91. The highest BCUT2D eigenvalue weighted by atomic mass is 16.5. The van der Waals surface area contributed by atoms with Crippen LogP contribution in [0, 0.1) is 0 Å². The van der Waals surface area contributed by atoms with Gasteiger partial charge < -0.3 is 15.2 Å². The number of rotatable bonds is 6. The first kappa shape index (κ1) is 14.8. The maximum absolute atomic E-state index is 10.9. The molecule has 0 bridgehead atoms. The maximum atomic E-state index is 10.9. The lowest BCUT2D eigenvalue weighted by atomic mass is 10.0. The van der Waals surface area contributed by atoms with Crippen molar-refractivity contribution in [1.29, 1.82) is 0 Å². The summed E-state index contributed by atoms with van der Waals surface area (Å²) in [5, 5.41) is 13.3. The molecule has 21 heavy (non-hydrogen) atoms. The molecule has 0 saturated heterocycles. The number of nitrogens with one attached hydrogen (secondary N) is 1. The van der Waals surface area contributed by atoms with Crippen molar-refractivity contribution >= 4 is 22.6 Å². The van der Waals surface area contributed by atoms with Gasteiger partial charge in [-0.15, -0.1) is 0 Å². The topological polar surface area (TPSA) is 75.6 Å². The van der Waals surface area contributed by atoms with Crippen LogP contribution in [0.25, 0.3) is 10.8 Å². The molecule has 0 heterocycles. The van der Waals surface area contributed by atoms with Gasteiger partial charge in [0.05, 0.1) is 0 Å². The van der Waals surface area contributed by atoms with Crippen molar-refractivity contribution in [2.24, 2.45) is 0 Å². The first-order chi connectivity index (χ1) is 10.1. The van der Waals surface area contributed by atoms with Crippen LogP contribution < -0.4 is 10.1 Å². The van der Waals surface area contributed by atoms with Gasteiger partial charge in [-0.05, 0) is 23.4 Å². The average Bonchev–Trinajstić information content (AvgIpc) is 2.45. The summed E-state index contributed by atoms with van der Waals surface area (Å²) in [5.41, 5.74) is 1.09. The summed E-state index contributed by atoms with van der Waals surface area (Å²) in [6.45, 7) is 1.69. The number of benzene rings is 2. The van der Waals surface area contributed by atoms with E-state index in [0.717, 1.165) is 16.3 Å². The molecule has 0 aliphatic heterocycles. The molecule has 0 aromatic heterocycles. The number of hydrogen-bond acceptors (Lipinski definition) is 3. The lowest BCUT2D eigenvalue weighted by Gasteiger charge is -2.11. The van der Waals surface area contributed by atoms with Crippen molar-refractivity contribution in [3.8, 4) is 5.75 Å². The van der Waals surface area contributed by atoms with E-state index in [0.29, 0.717) is 18.7 Å². The van der Waals surface area contributed by atoms with Crippen molar-refractivity contribution in [3.05, 3.63) is 42.0 Å². The summed E-state index contributed by atoms with van der Waals surface area (Å²) in [5.74, 6) is -0.509. The minimum atomic E-state index is -1.01. The third-order valence-corrected chi connectivity index (χ3v) is 3.09. The molecular weight excluding hydrogens is 270 g/mol. The molecule has 2 aromatic rings. The highest BCUT2D eigenvalue weighted by Crippen LogP contribution is 2.28. The molecule has 2 rings (SSSR count). The van der Waals surface area contributed by atoms with E-state index in [1.54, 1.807) is 6.07 Å². The second kappa shape index (κ2) is 6.74. The zero-order chi connectivity index (χ0) is 15.2. The van der Waals surface area contributed by atoms with Crippen LogP contribution in [0.3, 0.4) is 0 Å². The maximum Gasteiger partial charge on any atom is 0.341 e. The van der Waals surface area contributed by atoms with Crippen LogP contribution in [-0.2, 0) is 16.0 Å². The summed E-state index contributed by atoms with van der Waals surface area (Å²) in [7, 11) is 0. The molecule has 0 radical (unpaired) electrons. The number of fused-ring (bicyclic) bond motifs is 1. The van der Waals surface area contributed by atoms with Gasteiger partial charge in [-0.3, -0.25) is 4.79 Å². The summed E-state index contributed by atoms with van der Waals surface area (Å²) in [6.07, 6.45) is 0.708. The van der Waals surface area contributed by atoms with Gasteiger partial charge in [0.25, 0.3) is 0 Å². The quantitative estimate of drug-likeness (QED) is 0.852. The number of hydrogen-bond donors (Lipinski definition) is 2. The third-order valence-electron chi connectivity index (χ3n) is 3.09. The van der Waals surface area contributed by atoms with Crippen LogP contribution in [0.15, 0.2) is 36.4 Å². The van der Waals surface area contributed by atoms with E-state index < -0.39 is 5.97 Å². The molecule has 5 heteroatoms.